The number of nitrogens with one attached hydrogen (secondary N) is 2. The summed E-state index contributed by atoms with van der Waals surface area (Å²) in [5.74, 6) is 2.49. The van der Waals surface area contributed by atoms with E-state index >= 15 is 0 Å². The second-order valence-corrected chi connectivity index (χ2v) is 5.55. The minimum Gasteiger partial charge on any atom is -0.497 e. The van der Waals surface area contributed by atoms with Crippen LogP contribution in [-0.2, 0) is 0 Å². The van der Waals surface area contributed by atoms with Crippen LogP contribution >= 0.6 is 0 Å². The van der Waals surface area contributed by atoms with Gasteiger partial charge in [-0.3, -0.25) is 5.43 Å². The Labute approximate surface area is 163 Å². The molecule has 0 aliphatic carbocycles. The summed E-state index contributed by atoms with van der Waals surface area (Å²) in [5, 5.41) is 8.30. The number of methoxy groups -OCH3 is 2. The minimum atomic E-state index is 0.356. The Hall–Kier alpha value is -3.94. The van der Waals surface area contributed by atoms with Gasteiger partial charge in [0.15, 0.2) is 5.82 Å². The lowest BCUT2D eigenvalue weighted by Crippen LogP contribution is -2.00. The summed E-state index contributed by atoms with van der Waals surface area (Å²) < 4.78 is 10.2. The van der Waals surface area contributed by atoms with Crippen LogP contribution in [0.1, 0.15) is 11.1 Å². The molecular weight excluding hydrogens is 356 g/mol. The maximum atomic E-state index is 5.13. The fraction of sp³-hybridized carbons (Fsp3) is 0.100. The zero-order valence-electron chi connectivity index (χ0n) is 15.5. The van der Waals surface area contributed by atoms with Crippen molar-refractivity contribution in [3.63, 3.8) is 0 Å². The van der Waals surface area contributed by atoms with Gasteiger partial charge in [-0.05, 0) is 59.7 Å². The lowest BCUT2D eigenvalue weighted by Gasteiger charge is -2.02. The van der Waals surface area contributed by atoms with Crippen LogP contribution in [0.2, 0.25) is 0 Å². The molecule has 3 rings (SSSR count). The molecule has 0 amide bonds. The van der Waals surface area contributed by atoms with Crippen LogP contribution in [0.4, 0.5) is 11.8 Å². The highest BCUT2D eigenvalue weighted by Gasteiger charge is 1.97. The van der Waals surface area contributed by atoms with E-state index in [1.54, 1.807) is 38.9 Å². The smallest absolute Gasteiger partial charge is 0.245 e. The molecule has 0 radical (unpaired) electrons. The van der Waals surface area contributed by atoms with E-state index in [9.17, 15) is 0 Å². The molecule has 1 heterocycles. The number of anilines is 2. The van der Waals surface area contributed by atoms with Gasteiger partial charge in [0.05, 0.1) is 26.6 Å². The molecule has 0 fully saturated rings. The summed E-state index contributed by atoms with van der Waals surface area (Å²) >= 11 is 0. The van der Waals surface area contributed by atoms with Crippen molar-refractivity contribution in [1.82, 2.24) is 9.97 Å². The molecule has 1 aromatic heterocycles. The van der Waals surface area contributed by atoms with Crippen molar-refractivity contribution < 1.29 is 9.47 Å². The lowest BCUT2D eigenvalue weighted by atomic mass is 10.2. The van der Waals surface area contributed by atoms with E-state index in [1.165, 1.54) is 0 Å². The Morgan fingerprint density at radius 3 is 1.82 bits per heavy atom. The van der Waals surface area contributed by atoms with Gasteiger partial charge in [0.25, 0.3) is 0 Å². The molecule has 0 atom stereocenters. The van der Waals surface area contributed by atoms with Crippen LogP contribution < -0.4 is 20.3 Å². The summed E-state index contributed by atoms with van der Waals surface area (Å²) in [6, 6.07) is 16.8. The zero-order chi connectivity index (χ0) is 19.6. The minimum absolute atomic E-state index is 0.356. The molecule has 0 unspecified atom stereocenters. The fourth-order valence-corrected chi connectivity index (χ4v) is 2.19. The normalized spacial score (nSPS) is 10.9. The van der Waals surface area contributed by atoms with Gasteiger partial charge >= 0.3 is 0 Å². The first-order valence-electron chi connectivity index (χ1n) is 8.46. The molecule has 0 bridgehead atoms. The number of benzene rings is 2. The summed E-state index contributed by atoms with van der Waals surface area (Å²) in [5.41, 5.74) is 7.52. The Bertz CT molecular complexity index is 865. The highest BCUT2D eigenvalue weighted by molar-refractivity contribution is 5.80. The van der Waals surface area contributed by atoms with Crippen molar-refractivity contribution in [1.29, 1.82) is 0 Å². The lowest BCUT2D eigenvalue weighted by molar-refractivity contribution is 0.414. The highest BCUT2D eigenvalue weighted by Crippen LogP contribution is 2.11. The third kappa shape index (κ3) is 5.53. The van der Waals surface area contributed by atoms with E-state index in [0.717, 1.165) is 22.6 Å². The molecule has 8 heteroatoms. The summed E-state index contributed by atoms with van der Waals surface area (Å²) in [4.78, 5) is 8.41. The molecule has 0 saturated heterocycles. The van der Waals surface area contributed by atoms with Gasteiger partial charge < -0.3 is 9.47 Å². The van der Waals surface area contributed by atoms with E-state index in [2.05, 4.69) is 31.0 Å². The first-order valence-corrected chi connectivity index (χ1v) is 8.46. The second-order valence-electron chi connectivity index (χ2n) is 5.55. The van der Waals surface area contributed by atoms with Gasteiger partial charge in [0, 0.05) is 12.3 Å². The van der Waals surface area contributed by atoms with Gasteiger partial charge in [0.1, 0.15) is 11.5 Å². The van der Waals surface area contributed by atoms with Gasteiger partial charge in [-0.15, -0.1) is 0 Å². The monoisotopic (exact) mass is 376 g/mol. The molecule has 0 aliphatic rings. The van der Waals surface area contributed by atoms with Gasteiger partial charge in [-0.1, -0.05) is 0 Å². The molecule has 0 aliphatic heterocycles. The Kier molecular flexibility index (Phi) is 6.51. The number of hydrogen-bond acceptors (Lipinski definition) is 8. The van der Waals surface area contributed by atoms with Crippen molar-refractivity contribution in [2.75, 3.05) is 25.1 Å². The van der Waals surface area contributed by atoms with Crippen LogP contribution in [0.5, 0.6) is 11.5 Å². The molecule has 0 saturated carbocycles. The average Bonchev–Trinajstić information content (AvgIpc) is 2.75. The largest absolute Gasteiger partial charge is 0.497 e. The standard InChI is InChI=1S/C20H20N6O2/c1-27-17-7-3-15(4-8-17)13-22-25-19-11-12-21-20(24-19)26-23-14-16-5-9-18(28-2)10-6-16/h3-14H,1-2H3,(H2,21,24,25,26)/b22-13+,23-14+. The first kappa shape index (κ1) is 18.8. The van der Waals surface area contributed by atoms with Gasteiger partial charge in [-0.25, -0.2) is 10.4 Å². The fourth-order valence-electron chi connectivity index (χ4n) is 2.19. The Morgan fingerprint density at radius 2 is 1.29 bits per heavy atom. The van der Waals surface area contributed by atoms with E-state index < -0.39 is 0 Å². The third-order valence-corrected chi connectivity index (χ3v) is 3.66. The molecule has 3 aromatic rings. The summed E-state index contributed by atoms with van der Waals surface area (Å²) in [6.07, 6.45) is 4.98. The molecule has 0 spiro atoms. The molecule has 142 valence electrons. The number of hydrogen-bond donors (Lipinski definition) is 2. The van der Waals surface area contributed by atoms with E-state index in [1.807, 2.05) is 48.5 Å². The van der Waals surface area contributed by atoms with Crippen molar-refractivity contribution in [3.05, 3.63) is 71.9 Å². The van der Waals surface area contributed by atoms with Crippen molar-refractivity contribution in [3.8, 4) is 11.5 Å². The predicted molar refractivity (Wildman–Crippen MR) is 110 cm³/mol. The predicted octanol–water partition coefficient (Wildman–Crippen LogP) is 3.39. The number of nitrogens with zero attached hydrogens (tertiary/aromatic N) is 4. The van der Waals surface area contributed by atoms with Crippen molar-refractivity contribution in [2.45, 2.75) is 0 Å². The number of aromatic nitrogens is 2. The molecule has 8 nitrogen and oxygen atoms in total. The number of hydrazone groups is 2. The average molecular weight is 376 g/mol. The number of rotatable bonds is 8. The summed E-state index contributed by atoms with van der Waals surface area (Å²) in [6.45, 7) is 0. The van der Waals surface area contributed by atoms with Crippen LogP contribution in [0.3, 0.4) is 0 Å². The van der Waals surface area contributed by atoms with Gasteiger partial charge in [0.2, 0.25) is 5.95 Å². The molecule has 28 heavy (non-hydrogen) atoms. The van der Waals surface area contributed by atoms with E-state index in [-0.39, 0.29) is 0 Å². The topological polar surface area (TPSA) is 93.0 Å². The highest BCUT2D eigenvalue weighted by atomic mass is 16.5. The molecule has 2 N–H and O–H groups in total. The summed E-state index contributed by atoms with van der Waals surface area (Å²) in [7, 11) is 3.26. The van der Waals surface area contributed by atoms with E-state index in [0.29, 0.717) is 11.8 Å². The second kappa shape index (κ2) is 9.67. The third-order valence-electron chi connectivity index (χ3n) is 3.66. The molecule has 2 aromatic carbocycles. The zero-order valence-corrected chi connectivity index (χ0v) is 15.5. The number of ether oxygens (including phenoxy) is 2. The first-order chi connectivity index (χ1) is 13.8. The van der Waals surface area contributed by atoms with Crippen LogP contribution in [0, 0.1) is 0 Å². The maximum Gasteiger partial charge on any atom is 0.245 e. The van der Waals surface area contributed by atoms with Crippen LogP contribution in [0.25, 0.3) is 0 Å². The van der Waals surface area contributed by atoms with Crippen molar-refractivity contribution >= 4 is 24.2 Å². The maximum absolute atomic E-state index is 5.13. The molecular formula is C20H20N6O2. The van der Waals surface area contributed by atoms with E-state index in [4.69, 9.17) is 9.47 Å². The SMILES string of the molecule is COc1ccc(/C=N/Nc2ccnc(N/N=C/c3ccc(OC)cc3)n2)cc1. The Morgan fingerprint density at radius 1 is 0.750 bits per heavy atom. The Balaban J connectivity index is 1.55. The quantitative estimate of drug-likeness (QED) is 0.462. The van der Waals surface area contributed by atoms with Crippen molar-refractivity contribution in [2.24, 2.45) is 10.2 Å². The van der Waals surface area contributed by atoms with Crippen LogP contribution in [-0.4, -0.2) is 36.6 Å². The van der Waals surface area contributed by atoms with Gasteiger partial charge in [-0.2, -0.15) is 15.2 Å². The van der Waals surface area contributed by atoms with Crippen LogP contribution in [0.15, 0.2) is 71.0 Å².